The molecule has 0 saturated heterocycles. The van der Waals surface area contributed by atoms with E-state index in [4.69, 9.17) is 5.73 Å². The van der Waals surface area contributed by atoms with Crippen LogP contribution in [0.15, 0.2) is 47.1 Å². The third kappa shape index (κ3) is 3.90. The van der Waals surface area contributed by atoms with E-state index in [0.29, 0.717) is 29.1 Å². The van der Waals surface area contributed by atoms with E-state index < -0.39 is 6.03 Å². The van der Waals surface area contributed by atoms with E-state index in [0.717, 1.165) is 18.8 Å². The number of carbonyl (C=O) groups is 1. The van der Waals surface area contributed by atoms with E-state index in [-0.39, 0.29) is 11.5 Å². The number of nitrogens with two attached hydrogens (primary N) is 1. The fourth-order valence-corrected chi connectivity index (χ4v) is 7.36. The molecule has 4 rings (SSSR count). The van der Waals surface area contributed by atoms with Crippen LogP contribution in [0, 0.1) is 40.4 Å². The van der Waals surface area contributed by atoms with Crippen molar-refractivity contribution in [2.24, 2.45) is 46.2 Å². The molecule has 2 amide bonds. The summed E-state index contributed by atoms with van der Waals surface area (Å²) in [4.78, 5) is 11.3. The Morgan fingerprint density at radius 1 is 1.06 bits per heavy atom. The SMILES string of the molecule is CC(C)[C@@H](C)C=C[C@@H](C)[C@H]1CCC2=C3C=CC4=CC(NC(N)=O)CC[C@]4(C)[C@H]3CC[C@@]21C. The van der Waals surface area contributed by atoms with E-state index in [1.54, 1.807) is 11.1 Å². The number of carbonyl (C=O) groups excluding carboxylic acids is 1. The summed E-state index contributed by atoms with van der Waals surface area (Å²) >= 11 is 0. The van der Waals surface area contributed by atoms with Gasteiger partial charge in [-0.25, -0.2) is 4.79 Å². The van der Waals surface area contributed by atoms with Gasteiger partial charge >= 0.3 is 6.03 Å². The molecular formula is C29H44N2O. The van der Waals surface area contributed by atoms with Gasteiger partial charge < -0.3 is 11.1 Å². The molecule has 0 heterocycles. The molecule has 0 aromatic carbocycles. The van der Waals surface area contributed by atoms with Crippen LogP contribution in [0.5, 0.6) is 0 Å². The highest BCUT2D eigenvalue weighted by molar-refractivity contribution is 5.72. The lowest BCUT2D eigenvalue weighted by atomic mass is 9.53. The van der Waals surface area contributed by atoms with Gasteiger partial charge in [0.25, 0.3) is 0 Å². The van der Waals surface area contributed by atoms with Crippen LogP contribution in [0.2, 0.25) is 0 Å². The maximum atomic E-state index is 11.3. The first-order valence-corrected chi connectivity index (χ1v) is 12.9. The zero-order valence-corrected chi connectivity index (χ0v) is 21.1. The minimum atomic E-state index is -0.422. The molecule has 0 bridgehead atoms. The summed E-state index contributed by atoms with van der Waals surface area (Å²) in [6, 6.07) is -0.352. The molecule has 176 valence electrons. The number of rotatable bonds is 5. The normalized spacial score (nSPS) is 38.2. The van der Waals surface area contributed by atoms with Crippen molar-refractivity contribution in [1.29, 1.82) is 0 Å². The molecule has 3 nitrogen and oxygen atoms in total. The lowest BCUT2D eigenvalue weighted by Gasteiger charge is -2.51. The number of nitrogens with one attached hydrogen (secondary N) is 1. The Morgan fingerprint density at radius 2 is 1.78 bits per heavy atom. The third-order valence-electron chi connectivity index (χ3n) is 9.85. The van der Waals surface area contributed by atoms with Gasteiger partial charge in [0.1, 0.15) is 0 Å². The van der Waals surface area contributed by atoms with Gasteiger partial charge in [0, 0.05) is 6.04 Å². The summed E-state index contributed by atoms with van der Waals surface area (Å²) in [5, 5.41) is 2.90. The second-order valence-corrected chi connectivity index (χ2v) is 12.0. The van der Waals surface area contributed by atoms with Gasteiger partial charge in [-0.1, -0.05) is 77.5 Å². The fraction of sp³-hybridized carbons (Fsp3) is 0.690. The number of allylic oxidation sites excluding steroid dienone is 7. The van der Waals surface area contributed by atoms with Crippen molar-refractivity contribution in [3.63, 3.8) is 0 Å². The summed E-state index contributed by atoms with van der Waals surface area (Å²) in [6.45, 7) is 14.4. The van der Waals surface area contributed by atoms with Crippen LogP contribution in [0.25, 0.3) is 0 Å². The van der Waals surface area contributed by atoms with Gasteiger partial charge in [-0.2, -0.15) is 0 Å². The van der Waals surface area contributed by atoms with E-state index in [1.807, 2.05) is 0 Å². The summed E-state index contributed by atoms with van der Waals surface area (Å²) in [5.41, 5.74) is 10.7. The van der Waals surface area contributed by atoms with E-state index in [2.05, 4.69) is 77.2 Å². The first-order chi connectivity index (χ1) is 15.1. The van der Waals surface area contributed by atoms with Crippen LogP contribution in [0.1, 0.15) is 80.1 Å². The molecule has 7 atom stereocenters. The quantitative estimate of drug-likeness (QED) is 0.451. The minimum Gasteiger partial charge on any atom is -0.352 e. The van der Waals surface area contributed by atoms with E-state index in [1.165, 1.54) is 31.3 Å². The van der Waals surface area contributed by atoms with Crippen molar-refractivity contribution >= 4 is 6.03 Å². The molecule has 0 aromatic rings. The predicted octanol–water partition coefficient (Wildman–Crippen LogP) is 6.93. The van der Waals surface area contributed by atoms with E-state index in [9.17, 15) is 4.79 Å². The zero-order valence-electron chi connectivity index (χ0n) is 21.1. The highest BCUT2D eigenvalue weighted by Crippen LogP contribution is 2.63. The van der Waals surface area contributed by atoms with Crippen LogP contribution in [0.4, 0.5) is 4.79 Å². The molecule has 3 heteroatoms. The van der Waals surface area contributed by atoms with Gasteiger partial charge in [0.2, 0.25) is 0 Å². The Balaban J connectivity index is 1.62. The lowest BCUT2D eigenvalue weighted by Crippen LogP contribution is -2.45. The Morgan fingerprint density at radius 3 is 2.47 bits per heavy atom. The Labute approximate surface area is 195 Å². The smallest absolute Gasteiger partial charge is 0.312 e. The summed E-state index contributed by atoms with van der Waals surface area (Å²) in [6.07, 6.45) is 19.3. The minimum absolute atomic E-state index is 0.0695. The second kappa shape index (κ2) is 8.54. The Hall–Kier alpha value is -1.77. The van der Waals surface area contributed by atoms with Gasteiger partial charge in [0.05, 0.1) is 0 Å². The highest BCUT2D eigenvalue weighted by atomic mass is 16.2. The van der Waals surface area contributed by atoms with Crippen molar-refractivity contribution in [3.8, 4) is 0 Å². The maximum Gasteiger partial charge on any atom is 0.312 e. The van der Waals surface area contributed by atoms with Gasteiger partial charge in [-0.05, 0) is 90.1 Å². The number of urea groups is 1. The summed E-state index contributed by atoms with van der Waals surface area (Å²) in [7, 11) is 0. The molecule has 1 unspecified atom stereocenters. The van der Waals surface area contributed by atoms with Crippen LogP contribution in [-0.4, -0.2) is 12.1 Å². The molecule has 4 aliphatic carbocycles. The van der Waals surface area contributed by atoms with Crippen LogP contribution < -0.4 is 11.1 Å². The monoisotopic (exact) mass is 436 g/mol. The first-order valence-electron chi connectivity index (χ1n) is 12.9. The maximum absolute atomic E-state index is 11.3. The van der Waals surface area contributed by atoms with Gasteiger partial charge in [-0.15, -0.1) is 0 Å². The van der Waals surface area contributed by atoms with Crippen LogP contribution >= 0.6 is 0 Å². The third-order valence-corrected chi connectivity index (χ3v) is 9.85. The highest BCUT2D eigenvalue weighted by Gasteiger charge is 2.53. The number of amides is 2. The fourth-order valence-electron chi connectivity index (χ4n) is 7.36. The number of fused-ring (bicyclic) bond motifs is 4. The molecule has 1 fully saturated rings. The molecular weight excluding hydrogens is 392 g/mol. The molecule has 1 saturated carbocycles. The Kier molecular flexibility index (Phi) is 6.24. The average molecular weight is 437 g/mol. The lowest BCUT2D eigenvalue weighted by molar-refractivity contribution is 0.139. The summed E-state index contributed by atoms with van der Waals surface area (Å²) in [5.74, 6) is 3.34. The topological polar surface area (TPSA) is 55.1 Å². The van der Waals surface area contributed by atoms with Crippen LogP contribution in [-0.2, 0) is 0 Å². The van der Waals surface area contributed by atoms with Crippen molar-refractivity contribution in [2.45, 2.75) is 86.1 Å². The predicted molar refractivity (Wildman–Crippen MR) is 134 cm³/mol. The second-order valence-electron chi connectivity index (χ2n) is 12.0. The molecule has 0 radical (unpaired) electrons. The molecule has 0 aromatic heterocycles. The Bertz CT molecular complexity index is 878. The molecule has 4 aliphatic rings. The summed E-state index contributed by atoms with van der Waals surface area (Å²) < 4.78 is 0. The number of hydrogen-bond acceptors (Lipinski definition) is 1. The standard InChI is InChI=1S/C29H44N2O/c1-18(2)19(3)7-8-20(4)24-11-12-25-23-10-9-21-17-22(31-27(30)32)13-15-28(21,5)26(23)14-16-29(24,25)6/h7-10,17-20,22,24,26H,11-16H2,1-6H3,(H3,30,31,32)/t19-,20+,22?,24+,26-,28-,29+/m0/s1. The van der Waals surface area contributed by atoms with E-state index >= 15 is 0 Å². The van der Waals surface area contributed by atoms with Gasteiger partial charge in [-0.3, -0.25) is 0 Å². The zero-order chi connectivity index (χ0) is 23.3. The molecule has 0 spiro atoms. The largest absolute Gasteiger partial charge is 0.352 e. The van der Waals surface area contributed by atoms with Gasteiger partial charge in [0.15, 0.2) is 0 Å². The van der Waals surface area contributed by atoms with Crippen molar-refractivity contribution < 1.29 is 4.79 Å². The number of hydrogen-bond donors (Lipinski definition) is 2. The number of primary amides is 1. The molecule has 32 heavy (non-hydrogen) atoms. The average Bonchev–Trinajstić information content (AvgIpc) is 3.08. The van der Waals surface area contributed by atoms with Crippen molar-refractivity contribution in [1.82, 2.24) is 5.32 Å². The van der Waals surface area contributed by atoms with Crippen molar-refractivity contribution in [3.05, 3.63) is 47.1 Å². The first kappa shape index (κ1) is 23.4. The van der Waals surface area contributed by atoms with Crippen LogP contribution in [0.3, 0.4) is 0 Å². The molecule has 3 N–H and O–H groups in total. The molecule has 0 aliphatic heterocycles. The van der Waals surface area contributed by atoms with Crippen molar-refractivity contribution in [2.75, 3.05) is 0 Å².